The van der Waals surface area contributed by atoms with Crippen LogP contribution in [-0.2, 0) is 10.6 Å². The second-order valence-electron chi connectivity index (χ2n) is 5.75. The van der Waals surface area contributed by atoms with Crippen molar-refractivity contribution in [3.63, 3.8) is 0 Å². The Kier molecular flexibility index (Phi) is 22.7. The molecule has 0 aromatic heterocycles. The Labute approximate surface area is 171 Å². The lowest BCUT2D eigenvalue weighted by atomic mass is 10.0. The fraction of sp³-hybridized carbons (Fsp3) is 0.350. The molecule has 0 aliphatic carbocycles. The lowest BCUT2D eigenvalue weighted by molar-refractivity contribution is 0.0768. The SMILES string of the molecule is CCCCCCCc1ccc(C(=O)OSc2ccccc2F)cc1.F.F.F.F.F. The molecule has 2 aromatic carbocycles. The van der Waals surface area contributed by atoms with Crippen LogP contribution in [0, 0.1) is 5.82 Å². The lowest BCUT2D eigenvalue weighted by Crippen LogP contribution is -2.00. The van der Waals surface area contributed by atoms with Gasteiger partial charge in [0.1, 0.15) is 5.82 Å². The molecule has 0 bridgehead atoms. The van der Waals surface area contributed by atoms with Gasteiger partial charge in [0.2, 0.25) is 0 Å². The van der Waals surface area contributed by atoms with Gasteiger partial charge >= 0.3 is 5.97 Å². The molecule has 0 atom stereocenters. The normalized spacial score (nSPS) is 8.76. The van der Waals surface area contributed by atoms with Gasteiger partial charge in [-0.2, -0.15) is 0 Å². The molecule has 0 aliphatic heterocycles. The van der Waals surface area contributed by atoms with Crippen LogP contribution in [0.2, 0.25) is 0 Å². The number of halogens is 6. The third-order valence-electron chi connectivity index (χ3n) is 3.80. The first-order valence-corrected chi connectivity index (χ1v) is 9.17. The summed E-state index contributed by atoms with van der Waals surface area (Å²) in [4.78, 5) is 12.3. The molecule has 9 heteroatoms. The first-order valence-electron chi connectivity index (χ1n) is 8.43. The third-order valence-corrected chi connectivity index (χ3v) is 4.55. The fourth-order valence-corrected chi connectivity index (χ4v) is 2.93. The molecule has 0 saturated heterocycles. The van der Waals surface area contributed by atoms with Gasteiger partial charge in [0.15, 0.2) is 0 Å². The predicted octanol–water partition coefficient (Wildman–Crippen LogP) is 6.97. The van der Waals surface area contributed by atoms with Crippen LogP contribution in [0.3, 0.4) is 0 Å². The average molecular weight is 446 g/mol. The Hall–Kier alpha value is -2.16. The molecule has 0 saturated carbocycles. The number of unbranched alkanes of at least 4 members (excludes halogenated alkanes) is 4. The molecule has 0 fully saturated rings. The zero-order valence-electron chi connectivity index (χ0n) is 16.0. The summed E-state index contributed by atoms with van der Waals surface area (Å²) in [5.41, 5.74) is 1.71. The third kappa shape index (κ3) is 12.1. The van der Waals surface area contributed by atoms with Crippen molar-refractivity contribution in [3.8, 4) is 0 Å². The smallest absolute Gasteiger partial charge is 0.350 e. The van der Waals surface area contributed by atoms with Crippen LogP contribution in [0.25, 0.3) is 0 Å². The summed E-state index contributed by atoms with van der Waals surface area (Å²) in [6.45, 7) is 2.21. The Bertz CT molecular complexity index is 656. The van der Waals surface area contributed by atoms with E-state index < -0.39 is 11.8 Å². The highest BCUT2D eigenvalue weighted by molar-refractivity contribution is 7.95. The van der Waals surface area contributed by atoms with Crippen molar-refractivity contribution in [3.05, 3.63) is 65.5 Å². The number of hydrogen-bond acceptors (Lipinski definition) is 3. The number of hydrogen-bond donors (Lipinski definition) is 0. The number of carbonyl (C=O) groups is 1. The van der Waals surface area contributed by atoms with E-state index >= 15 is 0 Å². The van der Waals surface area contributed by atoms with Crippen LogP contribution in [0.4, 0.5) is 27.9 Å². The molecule has 0 amide bonds. The van der Waals surface area contributed by atoms with Crippen molar-refractivity contribution in [2.24, 2.45) is 0 Å². The molecule has 2 nitrogen and oxygen atoms in total. The zero-order chi connectivity index (χ0) is 17.2. The summed E-state index contributed by atoms with van der Waals surface area (Å²) in [6, 6.07) is 13.7. The highest BCUT2D eigenvalue weighted by Gasteiger charge is 2.10. The highest BCUT2D eigenvalue weighted by atomic mass is 32.2. The number of carbonyl (C=O) groups excluding carboxylic acids is 1. The minimum absolute atomic E-state index is 0. The molecule has 0 radical (unpaired) electrons. The van der Waals surface area contributed by atoms with Crippen LogP contribution < -0.4 is 0 Å². The van der Waals surface area contributed by atoms with Crippen molar-refractivity contribution in [1.29, 1.82) is 0 Å². The van der Waals surface area contributed by atoms with Crippen LogP contribution in [0.1, 0.15) is 54.9 Å². The summed E-state index contributed by atoms with van der Waals surface area (Å²) in [7, 11) is 0. The first kappa shape index (κ1) is 34.4. The maximum atomic E-state index is 13.5. The first-order chi connectivity index (χ1) is 11.7. The highest BCUT2D eigenvalue weighted by Crippen LogP contribution is 2.23. The van der Waals surface area contributed by atoms with E-state index in [1.165, 1.54) is 43.7 Å². The van der Waals surface area contributed by atoms with E-state index in [1.807, 2.05) is 12.1 Å². The maximum absolute atomic E-state index is 13.5. The minimum atomic E-state index is -0.460. The van der Waals surface area contributed by atoms with Gasteiger partial charge in [0.25, 0.3) is 0 Å². The van der Waals surface area contributed by atoms with E-state index in [0.717, 1.165) is 18.5 Å². The molecule has 29 heavy (non-hydrogen) atoms. The van der Waals surface area contributed by atoms with Crippen LogP contribution in [-0.4, -0.2) is 5.97 Å². The maximum Gasteiger partial charge on any atom is 0.350 e. The second kappa shape index (κ2) is 19.2. The van der Waals surface area contributed by atoms with Gasteiger partial charge in [-0.15, -0.1) is 0 Å². The van der Waals surface area contributed by atoms with Crippen molar-refractivity contribution >= 4 is 18.0 Å². The Morgan fingerprint density at radius 3 is 2.03 bits per heavy atom. The summed E-state index contributed by atoms with van der Waals surface area (Å²) in [6.07, 6.45) is 7.28. The largest absolute Gasteiger partial charge is 0.382 e. The van der Waals surface area contributed by atoms with Crippen molar-refractivity contribution < 1.29 is 36.9 Å². The fourth-order valence-electron chi connectivity index (χ4n) is 2.38. The van der Waals surface area contributed by atoms with Crippen LogP contribution in [0.5, 0.6) is 0 Å². The van der Waals surface area contributed by atoms with Gasteiger partial charge in [0, 0.05) is 0 Å². The number of aryl methyl sites for hydroxylation is 1. The molecule has 0 unspecified atom stereocenters. The van der Waals surface area contributed by atoms with E-state index in [4.69, 9.17) is 4.18 Å². The van der Waals surface area contributed by atoms with Gasteiger partial charge in [-0.1, -0.05) is 56.9 Å². The molecular weight excluding hydrogens is 418 g/mol. The van der Waals surface area contributed by atoms with E-state index in [1.54, 1.807) is 30.3 Å². The summed E-state index contributed by atoms with van der Waals surface area (Å²) in [5.74, 6) is -0.855. The topological polar surface area (TPSA) is 26.3 Å². The molecule has 0 spiro atoms. The molecule has 0 aliphatic rings. The molecule has 2 rings (SSSR count). The summed E-state index contributed by atoms with van der Waals surface area (Å²) >= 11 is 0.751. The number of rotatable bonds is 9. The monoisotopic (exact) mass is 446 g/mol. The van der Waals surface area contributed by atoms with Gasteiger partial charge in [-0.3, -0.25) is 23.5 Å². The summed E-state index contributed by atoms with van der Waals surface area (Å²) < 4.78 is 18.6. The minimum Gasteiger partial charge on any atom is -0.382 e. The second-order valence-corrected chi connectivity index (χ2v) is 6.52. The van der Waals surface area contributed by atoms with E-state index in [0.29, 0.717) is 10.5 Å². The van der Waals surface area contributed by atoms with E-state index in [-0.39, 0.29) is 23.5 Å². The van der Waals surface area contributed by atoms with Crippen molar-refractivity contribution in [2.45, 2.75) is 50.3 Å². The quantitative estimate of drug-likeness (QED) is 0.236. The van der Waals surface area contributed by atoms with Gasteiger partial charge in [0.05, 0.1) is 22.5 Å². The van der Waals surface area contributed by atoms with Gasteiger partial charge < -0.3 is 4.18 Å². The molecule has 168 valence electrons. The van der Waals surface area contributed by atoms with E-state index in [9.17, 15) is 9.18 Å². The van der Waals surface area contributed by atoms with Crippen molar-refractivity contribution in [1.82, 2.24) is 0 Å². The predicted molar refractivity (Wildman–Crippen MR) is 109 cm³/mol. The Balaban J connectivity index is -0.000000625. The molecular formula is C20H28F6O2S. The molecule has 2 aromatic rings. The average Bonchev–Trinajstić information content (AvgIpc) is 2.61. The van der Waals surface area contributed by atoms with E-state index in [2.05, 4.69) is 6.92 Å². The number of benzene rings is 2. The zero-order valence-corrected chi connectivity index (χ0v) is 16.8. The molecule has 0 N–H and O–H groups in total. The van der Waals surface area contributed by atoms with Crippen molar-refractivity contribution in [2.75, 3.05) is 0 Å². The molecule has 0 heterocycles. The standard InChI is InChI=1S/C20H23FO2S.5FH/c1-2-3-4-5-6-9-16-12-14-17(15-13-16)20(22)23-24-19-11-8-7-10-18(19)21;;;;;/h7-8,10-15H,2-6,9H2,1H3;5*1H. The van der Waals surface area contributed by atoms with Crippen LogP contribution >= 0.6 is 12.0 Å². The summed E-state index contributed by atoms with van der Waals surface area (Å²) in [5, 5.41) is 0. The van der Waals surface area contributed by atoms with Gasteiger partial charge in [-0.05, 0) is 42.7 Å². The Morgan fingerprint density at radius 1 is 0.862 bits per heavy atom. The van der Waals surface area contributed by atoms with Crippen LogP contribution in [0.15, 0.2) is 53.4 Å². The Morgan fingerprint density at radius 2 is 1.45 bits per heavy atom. The van der Waals surface area contributed by atoms with Gasteiger partial charge in [-0.25, -0.2) is 9.18 Å². The lowest BCUT2D eigenvalue weighted by Gasteiger charge is -2.05.